The summed E-state index contributed by atoms with van der Waals surface area (Å²) in [5.41, 5.74) is 4.93. The van der Waals surface area contributed by atoms with Gasteiger partial charge >= 0.3 is 0 Å². The molecule has 0 bridgehead atoms. The molecule has 2 aromatic carbocycles. The molecule has 1 saturated heterocycles. The molecule has 10 heteroatoms. The van der Waals surface area contributed by atoms with Crippen LogP contribution < -0.4 is 19.7 Å². The highest BCUT2D eigenvalue weighted by molar-refractivity contribution is 5.60. The number of fused-ring (bicyclic) bond motifs is 1. The number of benzene rings is 2. The predicted molar refractivity (Wildman–Crippen MR) is 149 cm³/mol. The number of rotatable bonds is 9. The summed E-state index contributed by atoms with van der Waals surface area (Å²) in [6.45, 7) is 5.16. The van der Waals surface area contributed by atoms with Crippen LogP contribution in [0, 0.1) is 0 Å². The van der Waals surface area contributed by atoms with Crippen molar-refractivity contribution in [2.75, 3.05) is 50.6 Å². The molecule has 0 radical (unpaired) electrons. The molecule has 1 aliphatic heterocycles. The van der Waals surface area contributed by atoms with E-state index in [-0.39, 0.29) is 0 Å². The van der Waals surface area contributed by atoms with Crippen LogP contribution in [-0.4, -0.2) is 64.9 Å². The molecule has 0 atom stereocenters. The number of aromatic nitrogens is 4. The molecule has 0 saturated carbocycles. The maximum Gasteiger partial charge on any atom is 0.226 e. The van der Waals surface area contributed by atoms with E-state index in [9.17, 15) is 0 Å². The van der Waals surface area contributed by atoms with E-state index in [0.29, 0.717) is 29.8 Å². The monoisotopic (exact) mass is 525 g/mol. The standard InChI is InChI=1S/C29H31N7O3/c1-37-25-9-8-21(16-26(25)38-2)17-30-29-31-18-23(28-32-27(33-36(28)29)22-10-15-39-20-22)19-34-11-13-35(14-12-34)24-6-4-3-5-7-24/h3-10,15-16,18,20H,11-14,17,19H2,1-2H3,(H,30,31). The third-order valence-corrected chi connectivity index (χ3v) is 7.00. The van der Waals surface area contributed by atoms with Gasteiger partial charge in [0.25, 0.3) is 0 Å². The van der Waals surface area contributed by atoms with Gasteiger partial charge in [0, 0.05) is 56.7 Å². The Morgan fingerprint density at radius 1 is 0.949 bits per heavy atom. The Labute approximate surface area is 226 Å². The average Bonchev–Trinajstić information content (AvgIpc) is 3.69. The number of hydrogen-bond acceptors (Lipinski definition) is 9. The zero-order valence-electron chi connectivity index (χ0n) is 22.1. The minimum absolute atomic E-state index is 0.532. The van der Waals surface area contributed by atoms with Gasteiger partial charge in [-0.2, -0.15) is 4.52 Å². The van der Waals surface area contributed by atoms with E-state index in [1.165, 1.54) is 5.69 Å². The molecule has 200 valence electrons. The van der Waals surface area contributed by atoms with Gasteiger partial charge in [-0.05, 0) is 35.9 Å². The van der Waals surface area contributed by atoms with Gasteiger partial charge in [-0.15, -0.1) is 5.10 Å². The van der Waals surface area contributed by atoms with Gasteiger partial charge in [-0.3, -0.25) is 4.90 Å². The van der Waals surface area contributed by atoms with Gasteiger partial charge in [-0.1, -0.05) is 24.3 Å². The average molecular weight is 526 g/mol. The van der Waals surface area contributed by atoms with Crippen molar-refractivity contribution in [1.29, 1.82) is 0 Å². The van der Waals surface area contributed by atoms with Gasteiger partial charge in [-0.25, -0.2) is 9.97 Å². The van der Waals surface area contributed by atoms with Crippen molar-refractivity contribution in [2.45, 2.75) is 13.1 Å². The maximum atomic E-state index is 5.45. The van der Waals surface area contributed by atoms with Crippen LogP contribution in [-0.2, 0) is 13.1 Å². The fraction of sp³-hybridized carbons (Fsp3) is 0.276. The van der Waals surface area contributed by atoms with Crippen LogP contribution in [0.4, 0.5) is 11.6 Å². The highest BCUT2D eigenvalue weighted by Gasteiger charge is 2.21. The maximum absolute atomic E-state index is 5.45. The highest BCUT2D eigenvalue weighted by atomic mass is 16.5. The minimum Gasteiger partial charge on any atom is -0.493 e. The number of methoxy groups -OCH3 is 2. The first-order valence-corrected chi connectivity index (χ1v) is 13.0. The van der Waals surface area contributed by atoms with Crippen LogP contribution in [0.2, 0.25) is 0 Å². The predicted octanol–water partition coefficient (Wildman–Crippen LogP) is 4.34. The highest BCUT2D eigenvalue weighted by Crippen LogP contribution is 2.28. The van der Waals surface area contributed by atoms with Gasteiger partial charge in [0.1, 0.15) is 6.26 Å². The Hall–Kier alpha value is -4.57. The van der Waals surface area contributed by atoms with Crippen LogP contribution >= 0.6 is 0 Å². The van der Waals surface area contributed by atoms with E-state index in [1.807, 2.05) is 30.5 Å². The van der Waals surface area contributed by atoms with Gasteiger partial charge in [0.05, 0.1) is 26.0 Å². The number of piperazine rings is 1. The van der Waals surface area contributed by atoms with Crippen molar-refractivity contribution in [1.82, 2.24) is 24.5 Å². The molecule has 0 amide bonds. The number of anilines is 2. The fourth-order valence-corrected chi connectivity index (χ4v) is 4.88. The van der Waals surface area contributed by atoms with Gasteiger partial charge < -0.3 is 24.1 Å². The van der Waals surface area contributed by atoms with E-state index in [1.54, 1.807) is 31.3 Å². The second-order valence-corrected chi connectivity index (χ2v) is 9.43. The molecule has 39 heavy (non-hydrogen) atoms. The SMILES string of the molecule is COc1ccc(CNc2ncc(CN3CCN(c4ccccc4)CC3)c3nc(-c4ccoc4)nn23)cc1OC. The Kier molecular flexibility index (Phi) is 7.01. The summed E-state index contributed by atoms with van der Waals surface area (Å²) >= 11 is 0. The molecule has 0 spiro atoms. The third kappa shape index (κ3) is 5.23. The van der Waals surface area contributed by atoms with Crippen LogP contribution in [0.5, 0.6) is 11.5 Å². The fourth-order valence-electron chi connectivity index (χ4n) is 4.88. The lowest BCUT2D eigenvalue weighted by Crippen LogP contribution is -2.46. The van der Waals surface area contributed by atoms with Crippen molar-refractivity contribution in [3.8, 4) is 22.9 Å². The molecule has 5 aromatic rings. The van der Waals surface area contributed by atoms with Gasteiger partial charge in [0.15, 0.2) is 23.0 Å². The summed E-state index contributed by atoms with van der Waals surface area (Å²) < 4.78 is 17.9. The molecule has 1 aliphatic rings. The summed E-state index contributed by atoms with van der Waals surface area (Å²) in [4.78, 5) is 14.5. The van der Waals surface area contributed by atoms with E-state index in [4.69, 9.17) is 29.0 Å². The molecule has 3 aromatic heterocycles. The van der Waals surface area contributed by atoms with E-state index in [0.717, 1.165) is 55.1 Å². The largest absolute Gasteiger partial charge is 0.493 e. The third-order valence-electron chi connectivity index (χ3n) is 7.00. The van der Waals surface area contributed by atoms with Crippen LogP contribution in [0.25, 0.3) is 17.0 Å². The van der Waals surface area contributed by atoms with Crippen molar-refractivity contribution in [3.05, 3.63) is 84.4 Å². The summed E-state index contributed by atoms with van der Waals surface area (Å²) in [5.74, 6) is 2.58. The molecule has 1 fully saturated rings. The van der Waals surface area contributed by atoms with Crippen LogP contribution in [0.3, 0.4) is 0 Å². The molecule has 0 aliphatic carbocycles. The molecular weight excluding hydrogens is 494 g/mol. The molecular formula is C29H31N7O3. The molecule has 10 nitrogen and oxygen atoms in total. The Morgan fingerprint density at radius 3 is 2.51 bits per heavy atom. The number of para-hydroxylation sites is 1. The van der Waals surface area contributed by atoms with Crippen molar-refractivity contribution in [3.63, 3.8) is 0 Å². The van der Waals surface area contributed by atoms with E-state index in [2.05, 4.69) is 45.4 Å². The van der Waals surface area contributed by atoms with Crippen LogP contribution in [0.1, 0.15) is 11.1 Å². The van der Waals surface area contributed by atoms with Crippen molar-refractivity contribution < 1.29 is 13.9 Å². The van der Waals surface area contributed by atoms with Crippen molar-refractivity contribution in [2.24, 2.45) is 0 Å². The number of hydrogen-bond donors (Lipinski definition) is 1. The smallest absolute Gasteiger partial charge is 0.226 e. The van der Waals surface area contributed by atoms with E-state index < -0.39 is 0 Å². The molecule has 0 unspecified atom stereocenters. The Morgan fingerprint density at radius 2 is 1.77 bits per heavy atom. The lowest BCUT2D eigenvalue weighted by atomic mass is 10.2. The second kappa shape index (κ2) is 11.0. The first-order valence-electron chi connectivity index (χ1n) is 13.0. The molecule has 4 heterocycles. The number of ether oxygens (including phenoxy) is 2. The quantitative estimate of drug-likeness (QED) is 0.302. The second-order valence-electron chi connectivity index (χ2n) is 9.43. The first-order chi connectivity index (χ1) is 19.2. The number of nitrogens with one attached hydrogen (secondary N) is 1. The normalized spacial score (nSPS) is 14.1. The van der Waals surface area contributed by atoms with E-state index >= 15 is 0 Å². The lowest BCUT2D eigenvalue weighted by molar-refractivity contribution is 0.250. The zero-order chi connectivity index (χ0) is 26.6. The topological polar surface area (TPSA) is 93.2 Å². The summed E-state index contributed by atoms with van der Waals surface area (Å²) in [7, 11) is 3.26. The van der Waals surface area contributed by atoms with Gasteiger partial charge in [0.2, 0.25) is 5.95 Å². The van der Waals surface area contributed by atoms with Crippen LogP contribution in [0.15, 0.2) is 77.7 Å². The van der Waals surface area contributed by atoms with Crippen molar-refractivity contribution >= 4 is 17.3 Å². The Bertz CT molecular complexity index is 1530. The summed E-state index contributed by atoms with van der Waals surface area (Å²) in [6.07, 6.45) is 5.19. The number of nitrogens with zero attached hydrogens (tertiary/aromatic N) is 6. The number of furan rings is 1. The zero-order valence-corrected chi connectivity index (χ0v) is 22.1. The first kappa shape index (κ1) is 24.7. The molecule has 6 rings (SSSR count). The summed E-state index contributed by atoms with van der Waals surface area (Å²) in [6, 6.07) is 18.3. The lowest BCUT2D eigenvalue weighted by Gasteiger charge is -2.36. The Balaban J connectivity index is 1.23. The molecule has 1 N–H and O–H groups in total. The minimum atomic E-state index is 0.532. The summed E-state index contributed by atoms with van der Waals surface area (Å²) in [5, 5.41) is 8.20.